The fourth-order valence-electron chi connectivity index (χ4n) is 3.04. The predicted molar refractivity (Wildman–Crippen MR) is 109 cm³/mol. The van der Waals surface area contributed by atoms with Crippen LogP contribution in [0.2, 0.25) is 0 Å². The Kier molecular flexibility index (Phi) is 4.53. The molecule has 6 heteroatoms. The summed E-state index contributed by atoms with van der Waals surface area (Å²) >= 11 is 0. The van der Waals surface area contributed by atoms with Gasteiger partial charge < -0.3 is 10.1 Å². The summed E-state index contributed by atoms with van der Waals surface area (Å²) in [7, 11) is 1.61. The van der Waals surface area contributed by atoms with Crippen molar-refractivity contribution >= 4 is 17.2 Å². The lowest BCUT2D eigenvalue weighted by Crippen LogP contribution is -2.13. The second kappa shape index (κ2) is 7.15. The van der Waals surface area contributed by atoms with Crippen LogP contribution in [0.4, 0.5) is 5.69 Å². The number of hydrogen-bond acceptors (Lipinski definition) is 4. The standard InChI is InChI=1S/C22H20N4O2/c1-14-4-6-16(7-5-14)20-10-11-23-21-13-19(25-26(20)21)22(27)24-18-9-8-17(28-3)12-15(18)2/h4-13H,1-3H3,(H,24,27). The molecule has 0 saturated carbocycles. The molecule has 4 aromatic rings. The minimum absolute atomic E-state index is 0.284. The summed E-state index contributed by atoms with van der Waals surface area (Å²) in [6, 6.07) is 17.2. The molecule has 0 saturated heterocycles. The quantitative estimate of drug-likeness (QED) is 0.581. The van der Waals surface area contributed by atoms with Crippen LogP contribution >= 0.6 is 0 Å². The highest BCUT2D eigenvalue weighted by molar-refractivity contribution is 6.04. The molecule has 140 valence electrons. The van der Waals surface area contributed by atoms with E-state index in [1.807, 2.05) is 62.4 Å². The van der Waals surface area contributed by atoms with Gasteiger partial charge in [-0.2, -0.15) is 5.10 Å². The molecule has 0 atom stereocenters. The summed E-state index contributed by atoms with van der Waals surface area (Å²) in [6.07, 6.45) is 1.72. The first-order valence-electron chi connectivity index (χ1n) is 8.93. The van der Waals surface area contributed by atoms with E-state index >= 15 is 0 Å². The predicted octanol–water partition coefficient (Wildman–Crippen LogP) is 4.27. The van der Waals surface area contributed by atoms with Crippen molar-refractivity contribution < 1.29 is 9.53 Å². The molecular weight excluding hydrogens is 352 g/mol. The molecule has 0 aliphatic carbocycles. The summed E-state index contributed by atoms with van der Waals surface area (Å²) < 4.78 is 6.90. The van der Waals surface area contributed by atoms with Crippen LogP contribution in [0.15, 0.2) is 60.8 Å². The Labute approximate surface area is 162 Å². The third-order valence-corrected chi connectivity index (χ3v) is 4.62. The van der Waals surface area contributed by atoms with Gasteiger partial charge in [0.25, 0.3) is 5.91 Å². The number of nitrogens with one attached hydrogen (secondary N) is 1. The number of anilines is 1. The molecule has 0 fully saturated rings. The van der Waals surface area contributed by atoms with E-state index in [1.54, 1.807) is 23.9 Å². The number of methoxy groups -OCH3 is 1. The van der Waals surface area contributed by atoms with Crippen LogP contribution in [0, 0.1) is 13.8 Å². The van der Waals surface area contributed by atoms with Gasteiger partial charge in [-0.05, 0) is 43.7 Å². The highest BCUT2D eigenvalue weighted by Gasteiger charge is 2.15. The number of nitrogens with zero attached hydrogens (tertiary/aromatic N) is 3. The average Bonchev–Trinajstić information content (AvgIpc) is 3.14. The number of amides is 1. The van der Waals surface area contributed by atoms with Crippen LogP contribution in [-0.2, 0) is 0 Å². The number of rotatable bonds is 4. The largest absolute Gasteiger partial charge is 0.497 e. The van der Waals surface area contributed by atoms with Crippen LogP contribution in [-0.4, -0.2) is 27.6 Å². The molecule has 2 aromatic carbocycles. The third-order valence-electron chi connectivity index (χ3n) is 4.62. The molecule has 0 radical (unpaired) electrons. The Morgan fingerprint density at radius 3 is 2.54 bits per heavy atom. The molecule has 0 unspecified atom stereocenters. The Morgan fingerprint density at radius 1 is 1.04 bits per heavy atom. The van der Waals surface area contributed by atoms with Crippen LogP contribution in [0.3, 0.4) is 0 Å². The molecule has 1 amide bonds. The lowest BCUT2D eigenvalue weighted by Gasteiger charge is -2.08. The smallest absolute Gasteiger partial charge is 0.276 e. The molecule has 4 rings (SSSR count). The monoisotopic (exact) mass is 372 g/mol. The SMILES string of the molecule is COc1ccc(NC(=O)c2cc3nccc(-c4ccc(C)cc4)n3n2)c(C)c1. The number of carbonyl (C=O) groups excluding carboxylic acids is 1. The fraction of sp³-hybridized carbons (Fsp3) is 0.136. The molecule has 0 bridgehead atoms. The molecule has 6 nitrogen and oxygen atoms in total. The van der Waals surface area contributed by atoms with Gasteiger partial charge in [0.1, 0.15) is 5.75 Å². The van der Waals surface area contributed by atoms with E-state index in [0.29, 0.717) is 11.3 Å². The van der Waals surface area contributed by atoms with Crippen molar-refractivity contribution in [2.45, 2.75) is 13.8 Å². The molecule has 1 N–H and O–H groups in total. The molecule has 0 aliphatic heterocycles. The first kappa shape index (κ1) is 17.7. The molecule has 2 aromatic heterocycles. The van der Waals surface area contributed by atoms with Gasteiger partial charge in [0.15, 0.2) is 11.3 Å². The second-order valence-corrected chi connectivity index (χ2v) is 6.63. The van der Waals surface area contributed by atoms with Gasteiger partial charge in [0, 0.05) is 23.5 Å². The number of benzene rings is 2. The number of aromatic nitrogens is 3. The van der Waals surface area contributed by atoms with Gasteiger partial charge in [-0.3, -0.25) is 4.79 Å². The fourth-order valence-corrected chi connectivity index (χ4v) is 3.04. The lowest BCUT2D eigenvalue weighted by molar-refractivity contribution is 0.102. The first-order chi connectivity index (χ1) is 13.5. The second-order valence-electron chi connectivity index (χ2n) is 6.63. The normalized spacial score (nSPS) is 10.8. The number of fused-ring (bicyclic) bond motifs is 1. The first-order valence-corrected chi connectivity index (χ1v) is 8.93. The van der Waals surface area contributed by atoms with Crippen molar-refractivity contribution in [2.24, 2.45) is 0 Å². The van der Waals surface area contributed by atoms with Gasteiger partial charge in [0.2, 0.25) is 0 Å². The number of hydrogen-bond donors (Lipinski definition) is 1. The summed E-state index contributed by atoms with van der Waals surface area (Å²) in [6.45, 7) is 3.96. The van der Waals surface area contributed by atoms with Crippen LogP contribution in [0.25, 0.3) is 16.9 Å². The van der Waals surface area contributed by atoms with Gasteiger partial charge >= 0.3 is 0 Å². The minimum Gasteiger partial charge on any atom is -0.497 e. The van der Waals surface area contributed by atoms with Crippen molar-refractivity contribution in [3.8, 4) is 17.0 Å². The van der Waals surface area contributed by atoms with Crippen molar-refractivity contribution in [1.29, 1.82) is 0 Å². The molecule has 2 heterocycles. The van der Waals surface area contributed by atoms with E-state index in [1.165, 1.54) is 5.56 Å². The maximum absolute atomic E-state index is 12.7. The molecule has 0 spiro atoms. The average molecular weight is 372 g/mol. The topological polar surface area (TPSA) is 68.5 Å². The van der Waals surface area contributed by atoms with E-state index in [9.17, 15) is 4.79 Å². The van der Waals surface area contributed by atoms with E-state index in [4.69, 9.17) is 4.74 Å². The summed E-state index contributed by atoms with van der Waals surface area (Å²) in [5.41, 5.74) is 5.63. The zero-order valence-corrected chi connectivity index (χ0v) is 15.9. The van der Waals surface area contributed by atoms with Crippen LogP contribution < -0.4 is 10.1 Å². The van der Waals surface area contributed by atoms with E-state index in [2.05, 4.69) is 15.4 Å². The maximum atomic E-state index is 12.7. The Balaban J connectivity index is 1.67. The van der Waals surface area contributed by atoms with E-state index in [0.717, 1.165) is 28.3 Å². The number of aryl methyl sites for hydroxylation is 2. The molecule has 0 aliphatic rings. The highest BCUT2D eigenvalue weighted by Crippen LogP contribution is 2.23. The number of carbonyl (C=O) groups is 1. The van der Waals surface area contributed by atoms with Crippen molar-refractivity contribution in [3.63, 3.8) is 0 Å². The third kappa shape index (κ3) is 3.32. The molecule has 28 heavy (non-hydrogen) atoms. The minimum atomic E-state index is -0.284. The van der Waals surface area contributed by atoms with Crippen LogP contribution in [0.5, 0.6) is 5.75 Å². The lowest BCUT2D eigenvalue weighted by atomic mass is 10.1. The highest BCUT2D eigenvalue weighted by atomic mass is 16.5. The maximum Gasteiger partial charge on any atom is 0.276 e. The summed E-state index contributed by atoms with van der Waals surface area (Å²) in [5, 5.41) is 7.40. The Bertz CT molecular complexity index is 1160. The zero-order valence-electron chi connectivity index (χ0n) is 15.9. The van der Waals surface area contributed by atoms with E-state index in [-0.39, 0.29) is 5.91 Å². The zero-order chi connectivity index (χ0) is 19.7. The Hall–Kier alpha value is -3.67. The van der Waals surface area contributed by atoms with Gasteiger partial charge in [-0.1, -0.05) is 29.8 Å². The summed E-state index contributed by atoms with van der Waals surface area (Å²) in [4.78, 5) is 17.1. The Morgan fingerprint density at radius 2 is 1.82 bits per heavy atom. The van der Waals surface area contributed by atoms with Crippen molar-refractivity contribution in [1.82, 2.24) is 14.6 Å². The summed E-state index contributed by atoms with van der Waals surface area (Å²) in [5.74, 6) is 0.462. The van der Waals surface area contributed by atoms with Gasteiger partial charge in [-0.25, -0.2) is 9.50 Å². The van der Waals surface area contributed by atoms with Gasteiger partial charge in [0.05, 0.1) is 12.8 Å². The molecular formula is C22H20N4O2. The van der Waals surface area contributed by atoms with Crippen molar-refractivity contribution in [2.75, 3.05) is 12.4 Å². The number of ether oxygens (including phenoxy) is 1. The van der Waals surface area contributed by atoms with E-state index < -0.39 is 0 Å². The van der Waals surface area contributed by atoms with Crippen molar-refractivity contribution in [3.05, 3.63) is 77.6 Å². The van der Waals surface area contributed by atoms with Gasteiger partial charge in [-0.15, -0.1) is 0 Å². The van der Waals surface area contributed by atoms with Crippen LogP contribution in [0.1, 0.15) is 21.6 Å².